The average Bonchev–Trinajstić information content (AvgIpc) is 2.27. The third kappa shape index (κ3) is 2.29. The van der Waals surface area contributed by atoms with Crippen LogP contribution in [-0.4, -0.2) is 18.8 Å². The third-order valence-electron chi connectivity index (χ3n) is 2.61. The summed E-state index contributed by atoms with van der Waals surface area (Å²) in [5.74, 6) is 0.538. The number of methoxy groups -OCH3 is 1. The lowest BCUT2D eigenvalue weighted by Crippen LogP contribution is -2.23. The topological polar surface area (TPSA) is 29.5 Å². The van der Waals surface area contributed by atoms with Crippen LogP contribution in [-0.2, 0) is 12.1 Å². The Kier molecular flexibility index (Phi) is 3.69. The van der Waals surface area contributed by atoms with Crippen LogP contribution in [0.2, 0.25) is 0 Å². The normalized spacial score (nSPS) is 11.5. The van der Waals surface area contributed by atoms with Crippen LogP contribution in [0.15, 0.2) is 18.2 Å². The molecule has 1 rings (SSSR count). The molecule has 0 aliphatic carbocycles. The molecule has 1 aromatic rings. The molecule has 3 heteroatoms. The number of ether oxygens (including phenoxy) is 1. The predicted molar refractivity (Wildman–Crippen MR) is 57.9 cm³/mol. The minimum absolute atomic E-state index is 0.0207. The summed E-state index contributed by atoms with van der Waals surface area (Å²) in [5.41, 5.74) is 0.876. The van der Waals surface area contributed by atoms with Gasteiger partial charge in [-0.25, -0.2) is 4.39 Å². The molecule has 1 N–H and O–H groups in total. The molecule has 0 heterocycles. The fourth-order valence-electron chi connectivity index (χ4n) is 1.61. The fraction of sp³-hybridized carbons (Fsp3) is 0.500. The van der Waals surface area contributed by atoms with Gasteiger partial charge in [0.2, 0.25) is 0 Å². The second-order valence-corrected chi connectivity index (χ2v) is 4.16. The lowest BCUT2D eigenvalue weighted by atomic mass is 9.82. The Bertz CT molecular complexity index is 334. The summed E-state index contributed by atoms with van der Waals surface area (Å²) in [7, 11) is 1.52. The van der Waals surface area contributed by atoms with Crippen molar-refractivity contribution < 1.29 is 14.2 Å². The van der Waals surface area contributed by atoms with Gasteiger partial charge in [0.05, 0.1) is 13.7 Å². The molecule has 0 saturated heterocycles. The first-order chi connectivity index (χ1) is 7.06. The average molecular weight is 212 g/mol. The van der Waals surface area contributed by atoms with E-state index in [0.717, 1.165) is 5.56 Å². The van der Waals surface area contributed by atoms with Crippen LogP contribution in [0, 0.1) is 0 Å². The van der Waals surface area contributed by atoms with E-state index in [1.165, 1.54) is 7.11 Å². The molecule has 0 fully saturated rings. The van der Waals surface area contributed by atoms with Crippen LogP contribution in [0.5, 0.6) is 5.75 Å². The van der Waals surface area contributed by atoms with E-state index in [1.54, 1.807) is 6.07 Å². The molecule has 0 bridgehead atoms. The molecular weight excluding hydrogens is 195 g/mol. The number of alkyl halides is 1. The summed E-state index contributed by atoms with van der Waals surface area (Å²) >= 11 is 0. The molecule has 2 nitrogen and oxygen atoms in total. The van der Waals surface area contributed by atoms with Crippen LogP contribution in [0.1, 0.15) is 25.0 Å². The summed E-state index contributed by atoms with van der Waals surface area (Å²) in [6.07, 6.45) is 0. The number of aliphatic hydroxyl groups is 1. The molecule has 15 heavy (non-hydrogen) atoms. The number of halogens is 1. The van der Waals surface area contributed by atoms with Crippen molar-refractivity contribution in [2.45, 2.75) is 25.9 Å². The minimum atomic E-state index is -0.581. The SMILES string of the molecule is COc1cccc(C(C)(C)CO)c1CF. The van der Waals surface area contributed by atoms with Crippen LogP contribution in [0.25, 0.3) is 0 Å². The zero-order valence-corrected chi connectivity index (χ0v) is 9.38. The van der Waals surface area contributed by atoms with E-state index in [4.69, 9.17) is 4.74 Å². The molecule has 0 saturated carbocycles. The van der Waals surface area contributed by atoms with E-state index in [2.05, 4.69) is 0 Å². The van der Waals surface area contributed by atoms with Crippen molar-refractivity contribution in [3.63, 3.8) is 0 Å². The Labute approximate surface area is 89.7 Å². The van der Waals surface area contributed by atoms with E-state index in [1.807, 2.05) is 26.0 Å². The zero-order chi connectivity index (χ0) is 11.5. The number of hydrogen-bond donors (Lipinski definition) is 1. The number of rotatable bonds is 4. The van der Waals surface area contributed by atoms with Gasteiger partial charge in [0.1, 0.15) is 12.4 Å². The molecule has 0 aromatic heterocycles. The van der Waals surface area contributed by atoms with Crippen molar-refractivity contribution in [3.05, 3.63) is 29.3 Å². The summed E-state index contributed by atoms with van der Waals surface area (Å²) in [5, 5.41) is 9.27. The highest BCUT2D eigenvalue weighted by Gasteiger charge is 2.24. The molecule has 84 valence electrons. The van der Waals surface area contributed by atoms with Gasteiger partial charge in [0.15, 0.2) is 0 Å². The van der Waals surface area contributed by atoms with Crippen molar-refractivity contribution in [1.29, 1.82) is 0 Å². The first-order valence-corrected chi connectivity index (χ1v) is 4.90. The maximum Gasteiger partial charge on any atom is 0.124 e. The lowest BCUT2D eigenvalue weighted by molar-refractivity contribution is 0.216. The first kappa shape index (κ1) is 12.0. The van der Waals surface area contributed by atoms with Crippen molar-refractivity contribution in [3.8, 4) is 5.75 Å². The first-order valence-electron chi connectivity index (χ1n) is 4.90. The van der Waals surface area contributed by atoms with Gasteiger partial charge < -0.3 is 9.84 Å². The van der Waals surface area contributed by atoms with Crippen molar-refractivity contribution in [1.82, 2.24) is 0 Å². The van der Waals surface area contributed by atoms with E-state index in [9.17, 15) is 9.50 Å². The van der Waals surface area contributed by atoms with Gasteiger partial charge in [-0.3, -0.25) is 0 Å². The Morgan fingerprint density at radius 2 is 2.07 bits per heavy atom. The lowest BCUT2D eigenvalue weighted by Gasteiger charge is -2.25. The Morgan fingerprint density at radius 3 is 2.53 bits per heavy atom. The van der Waals surface area contributed by atoms with Crippen LogP contribution >= 0.6 is 0 Å². The minimum Gasteiger partial charge on any atom is -0.496 e. The summed E-state index contributed by atoms with van der Waals surface area (Å²) in [4.78, 5) is 0. The van der Waals surface area contributed by atoms with Gasteiger partial charge >= 0.3 is 0 Å². The maximum absolute atomic E-state index is 12.9. The highest BCUT2D eigenvalue weighted by atomic mass is 19.1. The van der Waals surface area contributed by atoms with E-state index in [-0.39, 0.29) is 6.61 Å². The van der Waals surface area contributed by atoms with Gasteiger partial charge in [-0.05, 0) is 11.6 Å². The van der Waals surface area contributed by atoms with Crippen LogP contribution in [0.4, 0.5) is 4.39 Å². The monoisotopic (exact) mass is 212 g/mol. The summed E-state index contributed by atoms with van der Waals surface area (Å²) in [6.45, 7) is 3.15. The Hall–Kier alpha value is -1.09. The molecule has 0 spiro atoms. The van der Waals surface area contributed by atoms with Gasteiger partial charge in [-0.2, -0.15) is 0 Å². The molecular formula is C12H17FO2. The zero-order valence-electron chi connectivity index (χ0n) is 9.38. The standard InChI is InChI=1S/C12H17FO2/c1-12(2,8-14)10-5-4-6-11(15-3)9(10)7-13/h4-6,14H,7-8H2,1-3H3. The van der Waals surface area contributed by atoms with Gasteiger partial charge in [0.25, 0.3) is 0 Å². The predicted octanol–water partition coefficient (Wildman–Crippen LogP) is 2.43. The molecule has 0 aliphatic rings. The highest BCUT2D eigenvalue weighted by molar-refractivity contribution is 5.43. The third-order valence-corrected chi connectivity index (χ3v) is 2.61. The van der Waals surface area contributed by atoms with E-state index >= 15 is 0 Å². The molecule has 0 radical (unpaired) electrons. The van der Waals surface area contributed by atoms with E-state index < -0.39 is 12.1 Å². The Morgan fingerprint density at radius 1 is 1.40 bits per heavy atom. The Balaban J connectivity index is 3.29. The molecule has 0 unspecified atom stereocenters. The quantitative estimate of drug-likeness (QED) is 0.830. The largest absolute Gasteiger partial charge is 0.496 e. The summed E-state index contributed by atoms with van der Waals surface area (Å²) < 4.78 is 18.0. The summed E-state index contributed by atoms with van der Waals surface area (Å²) in [6, 6.07) is 5.37. The molecule has 1 aromatic carbocycles. The number of hydrogen-bond acceptors (Lipinski definition) is 2. The van der Waals surface area contributed by atoms with Gasteiger partial charge in [0, 0.05) is 11.0 Å². The maximum atomic E-state index is 12.9. The number of benzene rings is 1. The van der Waals surface area contributed by atoms with Crippen LogP contribution in [0.3, 0.4) is 0 Å². The van der Waals surface area contributed by atoms with Crippen molar-refractivity contribution in [2.24, 2.45) is 0 Å². The molecule has 0 atom stereocenters. The number of aliphatic hydroxyl groups excluding tert-OH is 1. The van der Waals surface area contributed by atoms with Crippen molar-refractivity contribution >= 4 is 0 Å². The van der Waals surface area contributed by atoms with Gasteiger partial charge in [-0.1, -0.05) is 26.0 Å². The molecule has 0 amide bonds. The van der Waals surface area contributed by atoms with Crippen LogP contribution < -0.4 is 4.74 Å². The smallest absolute Gasteiger partial charge is 0.124 e. The second-order valence-electron chi connectivity index (χ2n) is 4.16. The van der Waals surface area contributed by atoms with Gasteiger partial charge in [-0.15, -0.1) is 0 Å². The second kappa shape index (κ2) is 4.62. The van der Waals surface area contributed by atoms with Crippen molar-refractivity contribution in [2.75, 3.05) is 13.7 Å². The fourth-order valence-corrected chi connectivity index (χ4v) is 1.61. The van der Waals surface area contributed by atoms with E-state index in [0.29, 0.717) is 11.3 Å². The molecule has 0 aliphatic heterocycles. The highest BCUT2D eigenvalue weighted by Crippen LogP contribution is 2.32.